The maximum Gasteiger partial charge on any atom is 0.275 e. The summed E-state index contributed by atoms with van der Waals surface area (Å²) in [5.41, 5.74) is 0.852. The summed E-state index contributed by atoms with van der Waals surface area (Å²) >= 11 is 11.7. The topological polar surface area (TPSA) is 66.9 Å². The number of rotatable bonds is 4. The highest BCUT2D eigenvalue weighted by Gasteiger charge is 2.10. The van der Waals surface area contributed by atoms with E-state index in [2.05, 4.69) is 20.6 Å². The summed E-state index contributed by atoms with van der Waals surface area (Å²) in [6.07, 6.45) is 2.63. The molecule has 0 saturated carbocycles. The van der Waals surface area contributed by atoms with Crippen molar-refractivity contribution in [3.8, 4) is 0 Å². The van der Waals surface area contributed by atoms with Crippen LogP contribution in [0.2, 0.25) is 10.0 Å². The number of hydrogen-bond donors (Lipinski definition) is 2. The van der Waals surface area contributed by atoms with Crippen LogP contribution in [0.15, 0.2) is 54.9 Å². The standard InChI is InChI=1S/C17H11Cl2FN4O/c18-11-6-5-10(7-12(11)19)23-17(25)15-8-22-16(9-21-15)24-14-4-2-1-3-13(14)20/h1-9H,(H,22,24)(H,23,25). The van der Waals surface area contributed by atoms with Crippen LogP contribution < -0.4 is 10.6 Å². The maximum atomic E-state index is 13.6. The zero-order valence-electron chi connectivity index (χ0n) is 12.6. The largest absolute Gasteiger partial charge is 0.337 e. The number of benzene rings is 2. The minimum absolute atomic E-state index is 0.102. The zero-order valence-corrected chi connectivity index (χ0v) is 14.1. The quantitative estimate of drug-likeness (QED) is 0.678. The van der Waals surface area contributed by atoms with E-state index in [0.717, 1.165) is 0 Å². The molecule has 126 valence electrons. The van der Waals surface area contributed by atoms with Crippen LogP contribution in [0.25, 0.3) is 0 Å². The van der Waals surface area contributed by atoms with Crippen molar-refractivity contribution in [2.45, 2.75) is 0 Å². The van der Waals surface area contributed by atoms with E-state index in [-0.39, 0.29) is 11.4 Å². The van der Waals surface area contributed by atoms with Crippen molar-refractivity contribution >= 4 is 46.3 Å². The van der Waals surface area contributed by atoms with Crippen LogP contribution in [0.1, 0.15) is 10.5 Å². The van der Waals surface area contributed by atoms with Gasteiger partial charge < -0.3 is 10.6 Å². The van der Waals surface area contributed by atoms with E-state index in [0.29, 0.717) is 21.6 Å². The van der Waals surface area contributed by atoms with Crippen LogP contribution in [0.3, 0.4) is 0 Å². The number of nitrogens with zero attached hydrogens (tertiary/aromatic N) is 2. The molecule has 0 fully saturated rings. The number of carbonyl (C=O) groups excluding carboxylic acids is 1. The molecule has 5 nitrogen and oxygen atoms in total. The number of aromatic nitrogens is 2. The molecule has 1 heterocycles. The van der Waals surface area contributed by atoms with Crippen LogP contribution in [0, 0.1) is 5.82 Å². The Balaban J connectivity index is 1.70. The van der Waals surface area contributed by atoms with Crippen LogP contribution in [-0.2, 0) is 0 Å². The van der Waals surface area contributed by atoms with Crippen molar-refractivity contribution in [2.75, 3.05) is 10.6 Å². The monoisotopic (exact) mass is 376 g/mol. The Morgan fingerprint density at radius 2 is 1.80 bits per heavy atom. The average molecular weight is 377 g/mol. The highest BCUT2D eigenvalue weighted by Crippen LogP contribution is 2.25. The molecule has 0 bridgehead atoms. The summed E-state index contributed by atoms with van der Waals surface area (Å²) in [6, 6.07) is 10.9. The molecular weight excluding hydrogens is 366 g/mol. The lowest BCUT2D eigenvalue weighted by Gasteiger charge is -2.08. The SMILES string of the molecule is O=C(Nc1ccc(Cl)c(Cl)c1)c1cnc(Nc2ccccc2F)cn1. The first-order valence-corrected chi connectivity index (χ1v) is 7.88. The molecule has 3 aromatic rings. The molecule has 1 amide bonds. The van der Waals surface area contributed by atoms with Gasteiger partial charge in [0.05, 0.1) is 28.1 Å². The van der Waals surface area contributed by atoms with Crippen molar-refractivity contribution < 1.29 is 9.18 Å². The molecule has 0 aliphatic carbocycles. The summed E-state index contributed by atoms with van der Waals surface area (Å²) in [7, 11) is 0. The second-order valence-corrected chi connectivity index (χ2v) is 5.79. The van der Waals surface area contributed by atoms with E-state index >= 15 is 0 Å². The Kier molecular flexibility index (Phi) is 5.11. The van der Waals surface area contributed by atoms with E-state index in [1.54, 1.807) is 30.3 Å². The van der Waals surface area contributed by atoms with Gasteiger partial charge in [-0.2, -0.15) is 0 Å². The van der Waals surface area contributed by atoms with Crippen molar-refractivity contribution in [3.63, 3.8) is 0 Å². The number of halogens is 3. The fraction of sp³-hybridized carbons (Fsp3) is 0. The Labute approximate surface area is 152 Å². The van der Waals surface area contributed by atoms with E-state index in [4.69, 9.17) is 23.2 Å². The number of anilines is 3. The number of carbonyl (C=O) groups is 1. The lowest BCUT2D eigenvalue weighted by atomic mass is 10.3. The Morgan fingerprint density at radius 3 is 2.48 bits per heavy atom. The third-order valence-corrected chi connectivity index (χ3v) is 3.94. The Bertz CT molecular complexity index is 919. The van der Waals surface area contributed by atoms with E-state index in [1.807, 2.05) is 0 Å². The normalized spacial score (nSPS) is 10.4. The van der Waals surface area contributed by atoms with Crippen LogP contribution in [0.5, 0.6) is 0 Å². The molecule has 0 aliphatic rings. The van der Waals surface area contributed by atoms with Gasteiger partial charge in [-0.3, -0.25) is 4.79 Å². The predicted molar refractivity (Wildman–Crippen MR) is 96.1 cm³/mol. The number of nitrogens with one attached hydrogen (secondary N) is 2. The highest BCUT2D eigenvalue weighted by molar-refractivity contribution is 6.42. The van der Waals surface area contributed by atoms with Crippen molar-refractivity contribution in [1.82, 2.24) is 9.97 Å². The first-order valence-electron chi connectivity index (χ1n) is 7.13. The summed E-state index contributed by atoms with van der Waals surface area (Å²) in [5, 5.41) is 6.15. The predicted octanol–water partition coefficient (Wildman–Crippen LogP) is 4.92. The van der Waals surface area contributed by atoms with Crippen LogP contribution in [0.4, 0.5) is 21.6 Å². The number of hydrogen-bond acceptors (Lipinski definition) is 4. The molecular formula is C17H11Cl2FN4O. The summed E-state index contributed by atoms with van der Waals surface area (Å²) in [6.45, 7) is 0. The molecule has 2 aromatic carbocycles. The van der Waals surface area contributed by atoms with Gasteiger partial charge in [-0.25, -0.2) is 14.4 Å². The minimum Gasteiger partial charge on any atom is -0.337 e. The third-order valence-electron chi connectivity index (χ3n) is 3.20. The molecule has 25 heavy (non-hydrogen) atoms. The molecule has 0 unspecified atom stereocenters. The second kappa shape index (κ2) is 7.46. The lowest BCUT2D eigenvalue weighted by Crippen LogP contribution is -2.14. The zero-order chi connectivity index (χ0) is 17.8. The van der Waals surface area contributed by atoms with Crippen LogP contribution >= 0.6 is 23.2 Å². The molecule has 0 atom stereocenters. The smallest absolute Gasteiger partial charge is 0.275 e. The molecule has 0 radical (unpaired) electrons. The van der Waals surface area contributed by atoms with E-state index in [9.17, 15) is 9.18 Å². The molecule has 2 N–H and O–H groups in total. The molecule has 3 rings (SSSR count). The van der Waals surface area contributed by atoms with Crippen LogP contribution in [-0.4, -0.2) is 15.9 Å². The molecule has 1 aromatic heterocycles. The maximum absolute atomic E-state index is 13.6. The van der Waals surface area contributed by atoms with Gasteiger partial charge in [-0.05, 0) is 30.3 Å². The third kappa shape index (κ3) is 4.23. The summed E-state index contributed by atoms with van der Waals surface area (Å²) in [5.74, 6) is -0.551. The first-order chi connectivity index (χ1) is 12.0. The highest BCUT2D eigenvalue weighted by atomic mass is 35.5. The van der Waals surface area contributed by atoms with Crippen molar-refractivity contribution in [2.24, 2.45) is 0 Å². The van der Waals surface area contributed by atoms with Crippen molar-refractivity contribution in [3.05, 3.63) is 76.4 Å². The van der Waals surface area contributed by atoms with Gasteiger partial charge in [0.15, 0.2) is 0 Å². The summed E-state index contributed by atoms with van der Waals surface area (Å²) < 4.78 is 13.6. The first kappa shape index (κ1) is 17.1. The minimum atomic E-state index is -0.455. The molecule has 8 heteroatoms. The van der Waals surface area contributed by atoms with Gasteiger partial charge >= 0.3 is 0 Å². The molecule has 0 saturated heterocycles. The van der Waals surface area contributed by atoms with Gasteiger partial charge in [-0.1, -0.05) is 35.3 Å². The van der Waals surface area contributed by atoms with Gasteiger partial charge in [0, 0.05) is 5.69 Å². The summed E-state index contributed by atoms with van der Waals surface area (Å²) in [4.78, 5) is 20.2. The Hall–Kier alpha value is -2.70. The fourth-order valence-corrected chi connectivity index (χ4v) is 2.28. The van der Waals surface area contributed by atoms with Gasteiger partial charge in [-0.15, -0.1) is 0 Å². The fourth-order valence-electron chi connectivity index (χ4n) is 1.98. The molecule has 0 spiro atoms. The van der Waals surface area contributed by atoms with Gasteiger partial charge in [0.2, 0.25) is 0 Å². The average Bonchev–Trinajstić information content (AvgIpc) is 2.61. The van der Waals surface area contributed by atoms with Gasteiger partial charge in [0.25, 0.3) is 5.91 Å². The van der Waals surface area contributed by atoms with Crippen molar-refractivity contribution in [1.29, 1.82) is 0 Å². The lowest BCUT2D eigenvalue weighted by molar-refractivity contribution is 0.102. The van der Waals surface area contributed by atoms with E-state index < -0.39 is 11.7 Å². The Morgan fingerprint density at radius 1 is 1.00 bits per heavy atom. The number of para-hydroxylation sites is 1. The van der Waals surface area contributed by atoms with Gasteiger partial charge in [0.1, 0.15) is 17.3 Å². The number of amides is 1. The molecule has 0 aliphatic heterocycles. The second-order valence-electron chi connectivity index (χ2n) is 4.97. The van der Waals surface area contributed by atoms with E-state index in [1.165, 1.54) is 24.5 Å².